The number of thiophene rings is 1. The van der Waals surface area contributed by atoms with Crippen molar-refractivity contribution < 1.29 is 0 Å². The van der Waals surface area contributed by atoms with E-state index < -0.39 is 0 Å². The van der Waals surface area contributed by atoms with Crippen molar-refractivity contribution in [3.05, 3.63) is 72.1 Å². The van der Waals surface area contributed by atoms with E-state index in [1.54, 1.807) is 11.3 Å². The van der Waals surface area contributed by atoms with Crippen LogP contribution in [0.5, 0.6) is 0 Å². The zero-order valence-electron chi connectivity index (χ0n) is 17.8. The second-order valence-corrected chi connectivity index (χ2v) is 9.63. The first kappa shape index (κ1) is 19.6. The lowest BCUT2D eigenvalue weighted by molar-refractivity contribution is 0.331. The molecule has 160 valence electrons. The zero-order valence-corrected chi connectivity index (χ0v) is 18.6. The first-order valence-corrected chi connectivity index (χ1v) is 12.1. The van der Waals surface area contributed by atoms with Crippen molar-refractivity contribution in [3.63, 3.8) is 0 Å². The fourth-order valence-corrected chi connectivity index (χ4v) is 5.65. The molecule has 1 fully saturated rings. The highest BCUT2D eigenvalue weighted by Crippen LogP contribution is 2.38. The number of pyridine rings is 1. The van der Waals surface area contributed by atoms with Gasteiger partial charge in [-0.1, -0.05) is 24.3 Å². The van der Waals surface area contributed by atoms with E-state index in [-0.39, 0.29) is 0 Å². The summed E-state index contributed by atoms with van der Waals surface area (Å²) in [5, 5.41) is 3.22. The number of nitrogens with two attached hydrogens (primary N) is 1. The van der Waals surface area contributed by atoms with Crippen molar-refractivity contribution in [2.24, 2.45) is 11.7 Å². The maximum Gasteiger partial charge on any atom is 0.145 e. The van der Waals surface area contributed by atoms with Gasteiger partial charge in [-0.3, -0.25) is 9.38 Å². The molecule has 0 aliphatic heterocycles. The third-order valence-electron chi connectivity index (χ3n) is 6.77. The van der Waals surface area contributed by atoms with Crippen molar-refractivity contribution in [1.29, 1.82) is 0 Å². The number of aromatic nitrogens is 4. The number of nitrogens with zero attached hydrogens (tertiary/aromatic N) is 4. The van der Waals surface area contributed by atoms with Gasteiger partial charge in [-0.15, -0.1) is 11.3 Å². The van der Waals surface area contributed by atoms with Crippen LogP contribution in [0, 0.1) is 5.92 Å². The lowest BCUT2D eigenvalue weighted by atomic mass is 9.80. The Hall–Kier alpha value is -3.09. The van der Waals surface area contributed by atoms with Gasteiger partial charge in [0.2, 0.25) is 0 Å². The summed E-state index contributed by atoms with van der Waals surface area (Å²) in [4.78, 5) is 15.7. The van der Waals surface area contributed by atoms with Gasteiger partial charge >= 0.3 is 0 Å². The Balaban J connectivity index is 1.44. The molecule has 0 unspecified atom stereocenters. The van der Waals surface area contributed by atoms with Gasteiger partial charge in [0.15, 0.2) is 0 Å². The number of rotatable bonds is 4. The summed E-state index contributed by atoms with van der Waals surface area (Å²) in [5.74, 6) is 2.08. The Labute approximate surface area is 191 Å². The predicted octanol–water partition coefficient (Wildman–Crippen LogP) is 5.91. The van der Waals surface area contributed by atoms with Gasteiger partial charge in [0.05, 0.1) is 33.5 Å². The van der Waals surface area contributed by atoms with Crippen LogP contribution < -0.4 is 5.73 Å². The molecule has 6 rings (SSSR count). The smallest absolute Gasteiger partial charge is 0.145 e. The molecule has 1 aromatic carbocycles. The van der Waals surface area contributed by atoms with Crippen LogP contribution in [0.25, 0.3) is 38.4 Å². The number of imidazole rings is 1. The molecular formula is C26H25N5S. The Morgan fingerprint density at radius 1 is 1.03 bits per heavy atom. The predicted molar refractivity (Wildman–Crippen MR) is 131 cm³/mol. The van der Waals surface area contributed by atoms with Crippen LogP contribution in [0.1, 0.15) is 37.3 Å². The van der Waals surface area contributed by atoms with Crippen molar-refractivity contribution in [2.45, 2.75) is 31.6 Å². The SMILES string of the molecule is NCC1CCC(c2nc(-c3ccc4ccc(-c5cccs5)nc4c3)n3ccncc23)CC1. The molecule has 5 nitrogen and oxygen atoms in total. The molecule has 6 heteroatoms. The van der Waals surface area contributed by atoms with Gasteiger partial charge < -0.3 is 5.73 Å². The van der Waals surface area contributed by atoms with Crippen LogP contribution >= 0.6 is 11.3 Å². The standard InChI is InChI=1S/C26H25N5S/c27-15-17-3-5-19(6-4-17)25-23-16-28-11-12-31(23)26(30-25)20-8-7-18-9-10-21(29-22(18)14-20)24-2-1-13-32-24/h1-2,7-14,16-17,19H,3-6,15,27H2. The summed E-state index contributed by atoms with van der Waals surface area (Å²) in [5.41, 5.74) is 11.3. The first-order chi connectivity index (χ1) is 15.8. The topological polar surface area (TPSA) is 69.1 Å². The van der Waals surface area contributed by atoms with E-state index in [4.69, 9.17) is 15.7 Å². The number of hydrogen-bond acceptors (Lipinski definition) is 5. The molecule has 4 aromatic heterocycles. The zero-order chi connectivity index (χ0) is 21.5. The highest BCUT2D eigenvalue weighted by Gasteiger charge is 2.26. The Morgan fingerprint density at radius 3 is 2.72 bits per heavy atom. The molecule has 0 radical (unpaired) electrons. The molecule has 0 bridgehead atoms. The molecule has 0 atom stereocenters. The van der Waals surface area contributed by atoms with E-state index in [1.165, 1.54) is 23.4 Å². The quantitative estimate of drug-likeness (QED) is 0.378. The minimum atomic E-state index is 0.467. The Bertz CT molecular complexity index is 1380. The van der Waals surface area contributed by atoms with E-state index >= 15 is 0 Å². The minimum Gasteiger partial charge on any atom is -0.330 e. The Morgan fingerprint density at radius 2 is 1.91 bits per heavy atom. The monoisotopic (exact) mass is 439 g/mol. The molecule has 1 aliphatic rings. The summed E-state index contributed by atoms with van der Waals surface area (Å²) in [6, 6.07) is 14.9. The summed E-state index contributed by atoms with van der Waals surface area (Å²) in [6.07, 6.45) is 10.5. The van der Waals surface area contributed by atoms with Gasteiger partial charge in [0, 0.05) is 29.3 Å². The fourth-order valence-electron chi connectivity index (χ4n) is 4.95. The van der Waals surface area contributed by atoms with Crippen molar-refractivity contribution in [1.82, 2.24) is 19.4 Å². The van der Waals surface area contributed by atoms with Crippen LogP contribution in [-0.2, 0) is 0 Å². The normalized spacial score (nSPS) is 19.0. The first-order valence-electron chi connectivity index (χ1n) is 11.3. The Kier molecular flexibility index (Phi) is 4.97. The third-order valence-corrected chi connectivity index (χ3v) is 7.66. The van der Waals surface area contributed by atoms with E-state index in [9.17, 15) is 0 Å². The molecule has 1 aliphatic carbocycles. The highest BCUT2D eigenvalue weighted by atomic mass is 32.1. The maximum atomic E-state index is 5.91. The fraction of sp³-hybridized carbons (Fsp3) is 0.269. The van der Waals surface area contributed by atoms with Crippen LogP contribution in [0.4, 0.5) is 0 Å². The second kappa shape index (κ2) is 8.11. The van der Waals surface area contributed by atoms with Crippen molar-refractivity contribution >= 4 is 27.8 Å². The number of benzene rings is 1. The second-order valence-electron chi connectivity index (χ2n) is 8.69. The van der Waals surface area contributed by atoms with E-state index in [2.05, 4.69) is 57.2 Å². The maximum absolute atomic E-state index is 5.91. The number of hydrogen-bond donors (Lipinski definition) is 1. The summed E-state index contributed by atoms with van der Waals surface area (Å²) >= 11 is 1.71. The average molecular weight is 440 g/mol. The van der Waals surface area contributed by atoms with Gasteiger partial charge in [-0.05, 0) is 61.7 Å². The van der Waals surface area contributed by atoms with Crippen LogP contribution in [0.2, 0.25) is 0 Å². The minimum absolute atomic E-state index is 0.467. The molecule has 0 amide bonds. The van der Waals surface area contributed by atoms with Crippen LogP contribution in [-0.4, -0.2) is 25.9 Å². The average Bonchev–Trinajstić information content (AvgIpc) is 3.52. The lowest BCUT2D eigenvalue weighted by Gasteiger charge is -2.26. The summed E-state index contributed by atoms with van der Waals surface area (Å²) in [7, 11) is 0. The summed E-state index contributed by atoms with van der Waals surface area (Å²) in [6.45, 7) is 0.793. The van der Waals surface area contributed by atoms with Crippen molar-refractivity contribution in [3.8, 4) is 22.0 Å². The third kappa shape index (κ3) is 3.40. The molecule has 0 spiro atoms. The van der Waals surface area contributed by atoms with Gasteiger partial charge in [0.25, 0.3) is 0 Å². The van der Waals surface area contributed by atoms with Gasteiger partial charge in [0.1, 0.15) is 5.82 Å². The van der Waals surface area contributed by atoms with E-state index in [1.807, 2.05) is 18.6 Å². The van der Waals surface area contributed by atoms with E-state index in [0.29, 0.717) is 11.8 Å². The molecule has 4 heterocycles. The van der Waals surface area contributed by atoms with Crippen LogP contribution in [0.3, 0.4) is 0 Å². The molecule has 5 aromatic rings. The molecule has 2 N–H and O–H groups in total. The molecular weight excluding hydrogens is 414 g/mol. The highest BCUT2D eigenvalue weighted by molar-refractivity contribution is 7.13. The van der Waals surface area contributed by atoms with E-state index in [0.717, 1.165) is 52.9 Å². The molecule has 1 saturated carbocycles. The van der Waals surface area contributed by atoms with Crippen LogP contribution in [0.15, 0.2) is 66.4 Å². The largest absolute Gasteiger partial charge is 0.330 e. The summed E-state index contributed by atoms with van der Waals surface area (Å²) < 4.78 is 2.18. The lowest BCUT2D eigenvalue weighted by Crippen LogP contribution is -2.20. The molecule has 0 saturated heterocycles. The molecule has 32 heavy (non-hydrogen) atoms. The number of fused-ring (bicyclic) bond motifs is 2. The van der Waals surface area contributed by atoms with Gasteiger partial charge in [-0.25, -0.2) is 9.97 Å². The van der Waals surface area contributed by atoms with Gasteiger partial charge in [-0.2, -0.15) is 0 Å². The van der Waals surface area contributed by atoms with Crippen molar-refractivity contribution in [2.75, 3.05) is 6.54 Å².